The molecule has 0 bridgehead atoms. The lowest BCUT2D eigenvalue weighted by molar-refractivity contribution is -0.123. The summed E-state index contributed by atoms with van der Waals surface area (Å²) in [4.78, 5) is 16.3. The number of rotatable bonds is 8. The smallest absolute Gasteiger partial charge is 0.258 e. The van der Waals surface area contributed by atoms with Crippen molar-refractivity contribution < 1.29 is 19.0 Å². The molecule has 7 heteroatoms. The molecular formula is C26H29N3O4. The van der Waals surface area contributed by atoms with Gasteiger partial charge in [-0.05, 0) is 61.2 Å². The van der Waals surface area contributed by atoms with Crippen molar-refractivity contribution in [3.63, 3.8) is 0 Å². The molecule has 0 saturated carbocycles. The number of aryl methyl sites for hydroxylation is 1. The van der Waals surface area contributed by atoms with Gasteiger partial charge in [0.05, 0.1) is 25.3 Å². The highest BCUT2D eigenvalue weighted by Crippen LogP contribution is 2.36. The van der Waals surface area contributed by atoms with E-state index in [1.165, 1.54) is 10.9 Å². The molecule has 1 aliphatic carbocycles. The standard InChI is InChI=1S/C26H29N3O4/c1-31-14-13-29-12-11-19-23(29)7-4-8-24(19)33-16-25(30)27-22-6-3-5-18-20-15-17(32-2)9-10-21(20)28-26(18)22/h4,7-12,15,22,28H,3,5-6,13-14,16H2,1-2H3,(H,27,30)/t22-/m1/s1. The summed E-state index contributed by atoms with van der Waals surface area (Å²) in [6.45, 7) is 1.38. The second kappa shape index (κ2) is 9.19. The van der Waals surface area contributed by atoms with Crippen LogP contribution in [-0.2, 0) is 22.5 Å². The van der Waals surface area contributed by atoms with Crippen LogP contribution in [0.2, 0.25) is 0 Å². The fourth-order valence-electron chi connectivity index (χ4n) is 4.80. The number of ether oxygens (including phenoxy) is 3. The first kappa shape index (κ1) is 21.4. The zero-order valence-corrected chi connectivity index (χ0v) is 19.0. The van der Waals surface area contributed by atoms with Crippen molar-refractivity contribution in [2.24, 2.45) is 0 Å². The minimum absolute atomic E-state index is 0.0255. The summed E-state index contributed by atoms with van der Waals surface area (Å²) in [5, 5.41) is 5.33. The first-order valence-electron chi connectivity index (χ1n) is 11.4. The van der Waals surface area contributed by atoms with Gasteiger partial charge in [-0.25, -0.2) is 0 Å². The molecule has 1 aliphatic rings. The molecule has 2 heterocycles. The molecule has 4 aromatic rings. The van der Waals surface area contributed by atoms with Crippen LogP contribution in [0.4, 0.5) is 0 Å². The molecule has 0 aliphatic heterocycles. The highest BCUT2D eigenvalue weighted by atomic mass is 16.5. The van der Waals surface area contributed by atoms with Gasteiger partial charge in [0.25, 0.3) is 5.91 Å². The monoisotopic (exact) mass is 447 g/mol. The molecule has 1 amide bonds. The van der Waals surface area contributed by atoms with Crippen LogP contribution in [-0.4, -0.2) is 42.9 Å². The summed E-state index contributed by atoms with van der Waals surface area (Å²) in [5.74, 6) is 1.43. The first-order valence-corrected chi connectivity index (χ1v) is 11.4. The molecule has 172 valence electrons. The summed E-state index contributed by atoms with van der Waals surface area (Å²) >= 11 is 0. The normalized spacial score (nSPS) is 15.5. The zero-order chi connectivity index (χ0) is 22.8. The molecule has 0 fully saturated rings. The van der Waals surface area contributed by atoms with Crippen LogP contribution in [0.3, 0.4) is 0 Å². The minimum Gasteiger partial charge on any atom is -0.497 e. The maximum atomic E-state index is 12.8. The number of aromatic nitrogens is 2. The predicted molar refractivity (Wildman–Crippen MR) is 128 cm³/mol. The Morgan fingerprint density at radius 3 is 2.94 bits per heavy atom. The molecule has 2 aromatic heterocycles. The van der Waals surface area contributed by atoms with Crippen LogP contribution < -0.4 is 14.8 Å². The van der Waals surface area contributed by atoms with Crippen molar-refractivity contribution in [1.82, 2.24) is 14.9 Å². The van der Waals surface area contributed by atoms with E-state index in [1.807, 2.05) is 42.6 Å². The molecule has 2 N–H and O–H groups in total. The van der Waals surface area contributed by atoms with Gasteiger partial charge in [0.15, 0.2) is 6.61 Å². The number of fused-ring (bicyclic) bond motifs is 4. The van der Waals surface area contributed by atoms with Crippen molar-refractivity contribution in [3.8, 4) is 11.5 Å². The Kier molecular flexibility index (Phi) is 5.96. The van der Waals surface area contributed by atoms with E-state index < -0.39 is 0 Å². The van der Waals surface area contributed by atoms with E-state index in [-0.39, 0.29) is 18.6 Å². The fraction of sp³-hybridized carbons (Fsp3) is 0.346. The maximum absolute atomic E-state index is 12.8. The quantitative estimate of drug-likeness (QED) is 0.421. The van der Waals surface area contributed by atoms with E-state index in [0.29, 0.717) is 12.4 Å². The number of amides is 1. The average molecular weight is 448 g/mol. The van der Waals surface area contributed by atoms with Gasteiger partial charge >= 0.3 is 0 Å². The van der Waals surface area contributed by atoms with Crippen LogP contribution in [0.25, 0.3) is 21.8 Å². The number of benzene rings is 2. The Balaban J connectivity index is 1.28. The Bertz CT molecular complexity index is 1290. The van der Waals surface area contributed by atoms with E-state index in [1.54, 1.807) is 14.2 Å². The van der Waals surface area contributed by atoms with Crippen molar-refractivity contribution in [2.75, 3.05) is 27.4 Å². The SMILES string of the molecule is COCCn1ccc2c(OCC(=O)N[C@@H]3CCCc4c3[nH]c3ccc(OC)cc43)cccc21. The van der Waals surface area contributed by atoms with Gasteiger partial charge < -0.3 is 29.1 Å². The molecule has 0 unspecified atom stereocenters. The van der Waals surface area contributed by atoms with Gasteiger partial charge in [-0.15, -0.1) is 0 Å². The Hall–Kier alpha value is -3.45. The van der Waals surface area contributed by atoms with Gasteiger partial charge in [0.1, 0.15) is 11.5 Å². The molecule has 0 saturated heterocycles. The number of hydrogen-bond donors (Lipinski definition) is 2. The van der Waals surface area contributed by atoms with Gasteiger partial charge in [-0.2, -0.15) is 0 Å². The third kappa shape index (κ3) is 4.16. The van der Waals surface area contributed by atoms with E-state index in [9.17, 15) is 4.79 Å². The molecule has 33 heavy (non-hydrogen) atoms. The summed E-state index contributed by atoms with van der Waals surface area (Å²) in [5.41, 5.74) is 4.50. The van der Waals surface area contributed by atoms with Gasteiger partial charge in [0.2, 0.25) is 0 Å². The lowest BCUT2D eigenvalue weighted by Gasteiger charge is -2.24. The maximum Gasteiger partial charge on any atom is 0.258 e. The van der Waals surface area contributed by atoms with Crippen molar-refractivity contribution in [1.29, 1.82) is 0 Å². The summed E-state index contributed by atoms with van der Waals surface area (Å²) in [7, 11) is 3.37. The third-order valence-corrected chi connectivity index (χ3v) is 6.42. The number of H-pyrrole nitrogens is 1. The molecule has 2 aromatic carbocycles. The molecule has 1 atom stereocenters. The topological polar surface area (TPSA) is 77.5 Å². The second-order valence-corrected chi connectivity index (χ2v) is 8.42. The van der Waals surface area contributed by atoms with Crippen LogP contribution in [0.1, 0.15) is 30.1 Å². The number of methoxy groups -OCH3 is 2. The Labute approximate surface area is 192 Å². The molecule has 5 rings (SSSR count). The average Bonchev–Trinajstić information content (AvgIpc) is 3.43. The van der Waals surface area contributed by atoms with Crippen LogP contribution in [0.5, 0.6) is 11.5 Å². The summed E-state index contributed by atoms with van der Waals surface area (Å²) in [6.07, 6.45) is 4.94. The fourth-order valence-corrected chi connectivity index (χ4v) is 4.80. The molecular weight excluding hydrogens is 418 g/mol. The number of aromatic amines is 1. The largest absolute Gasteiger partial charge is 0.497 e. The number of nitrogens with one attached hydrogen (secondary N) is 2. The van der Waals surface area contributed by atoms with Crippen molar-refractivity contribution in [3.05, 3.63) is 59.9 Å². The van der Waals surface area contributed by atoms with Gasteiger partial charge in [-0.1, -0.05) is 6.07 Å². The number of carbonyl (C=O) groups is 1. The van der Waals surface area contributed by atoms with Crippen LogP contribution in [0, 0.1) is 0 Å². The lowest BCUT2D eigenvalue weighted by atomic mass is 9.91. The van der Waals surface area contributed by atoms with Crippen molar-refractivity contribution in [2.45, 2.75) is 31.8 Å². The Morgan fingerprint density at radius 1 is 1.18 bits per heavy atom. The van der Waals surface area contributed by atoms with Crippen LogP contribution in [0.15, 0.2) is 48.7 Å². The number of carbonyl (C=O) groups excluding carboxylic acids is 1. The molecule has 7 nitrogen and oxygen atoms in total. The lowest BCUT2D eigenvalue weighted by Crippen LogP contribution is -2.34. The molecule has 0 radical (unpaired) electrons. The zero-order valence-electron chi connectivity index (χ0n) is 19.0. The van der Waals surface area contributed by atoms with Crippen molar-refractivity contribution >= 4 is 27.7 Å². The van der Waals surface area contributed by atoms with E-state index in [0.717, 1.165) is 53.7 Å². The molecule has 0 spiro atoms. The third-order valence-electron chi connectivity index (χ3n) is 6.42. The summed E-state index contributed by atoms with van der Waals surface area (Å²) in [6, 6.07) is 13.9. The number of hydrogen-bond acceptors (Lipinski definition) is 4. The first-order chi connectivity index (χ1) is 16.2. The minimum atomic E-state index is -0.125. The van der Waals surface area contributed by atoms with Gasteiger partial charge in [-0.3, -0.25) is 4.79 Å². The highest BCUT2D eigenvalue weighted by Gasteiger charge is 2.26. The number of nitrogens with zero attached hydrogens (tertiary/aromatic N) is 1. The van der Waals surface area contributed by atoms with E-state index in [2.05, 4.69) is 20.9 Å². The predicted octanol–water partition coefficient (Wildman–Crippen LogP) is 4.35. The van der Waals surface area contributed by atoms with Gasteiger partial charge in [0, 0.05) is 41.8 Å². The highest BCUT2D eigenvalue weighted by molar-refractivity contribution is 5.88. The van der Waals surface area contributed by atoms with E-state index >= 15 is 0 Å². The Morgan fingerprint density at radius 2 is 2.09 bits per heavy atom. The second-order valence-electron chi connectivity index (χ2n) is 8.42. The van der Waals surface area contributed by atoms with E-state index in [4.69, 9.17) is 14.2 Å². The summed E-state index contributed by atoms with van der Waals surface area (Å²) < 4.78 is 18.6. The van der Waals surface area contributed by atoms with Crippen LogP contribution >= 0.6 is 0 Å².